The highest BCUT2D eigenvalue weighted by molar-refractivity contribution is 5.69. The molecule has 2 heterocycles. The summed E-state index contributed by atoms with van der Waals surface area (Å²) in [4.78, 5) is 14.2. The number of carbonyl (C=O) groups excluding carboxylic acids is 1. The molecule has 0 aromatic heterocycles. The predicted molar refractivity (Wildman–Crippen MR) is 77.5 cm³/mol. The summed E-state index contributed by atoms with van der Waals surface area (Å²) >= 11 is 0. The van der Waals surface area contributed by atoms with E-state index in [9.17, 15) is 4.79 Å². The quantitative estimate of drug-likeness (QED) is 0.741. The summed E-state index contributed by atoms with van der Waals surface area (Å²) in [5.41, 5.74) is 5.09. The van der Waals surface area contributed by atoms with Crippen LogP contribution in [0.1, 0.15) is 53.9 Å². The summed E-state index contributed by atoms with van der Waals surface area (Å²) in [6, 6.07) is 0.124. The first-order valence-corrected chi connectivity index (χ1v) is 7.43. The number of nitrogens with two attached hydrogens (primary N) is 1. The van der Waals surface area contributed by atoms with Crippen molar-refractivity contribution < 1.29 is 14.3 Å². The van der Waals surface area contributed by atoms with Crippen LogP contribution in [0.25, 0.3) is 0 Å². The maximum Gasteiger partial charge on any atom is 0.410 e. The first-order chi connectivity index (χ1) is 9.03. The number of hydrogen-bond acceptors (Lipinski definition) is 4. The predicted octanol–water partition coefficient (Wildman–Crippen LogP) is 2.28. The summed E-state index contributed by atoms with van der Waals surface area (Å²) in [7, 11) is 0. The third-order valence-corrected chi connectivity index (χ3v) is 4.13. The molecule has 0 saturated carbocycles. The molecule has 2 aliphatic rings. The van der Waals surface area contributed by atoms with Gasteiger partial charge in [0.15, 0.2) is 0 Å². The van der Waals surface area contributed by atoms with E-state index >= 15 is 0 Å². The third-order valence-electron chi connectivity index (χ3n) is 4.13. The van der Waals surface area contributed by atoms with E-state index in [0.29, 0.717) is 13.2 Å². The van der Waals surface area contributed by atoms with Gasteiger partial charge in [0.2, 0.25) is 0 Å². The van der Waals surface area contributed by atoms with Gasteiger partial charge in [0.1, 0.15) is 5.60 Å². The molecular formula is C15H28N2O3. The van der Waals surface area contributed by atoms with Gasteiger partial charge in [-0.25, -0.2) is 4.79 Å². The maximum atomic E-state index is 12.3. The molecular weight excluding hydrogens is 256 g/mol. The van der Waals surface area contributed by atoms with Crippen molar-refractivity contribution in [3.63, 3.8) is 0 Å². The minimum absolute atomic E-state index is 0.124. The number of piperidine rings is 1. The van der Waals surface area contributed by atoms with Crippen LogP contribution >= 0.6 is 0 Å². The van der Waals surface area contributed by atoms with E-state index in [1.165, 1.54) is 0 Å². The lowest BCUT2D eigenvalue weighted by Crippen LogP contribution is -2.59. The molecule has 1 amide bonds. The van der Waals surface area contributed by atoms with Crippen LogP contribution in [0.5, 0.6) is 0 Å². The lowest BCUT2D eigenvalue weighted by atomic mass is 9.77. The Labute approximate surface area is 121 Å². The van der Waals surface area contributed by atoms with E-state index in [-0.39, 0.29) is 23.3 Å². The summed E-state index contributed by atoms with van der Waals surface area (Å²) in [6.45, 7) is 11.1. The second kappa shape index (κ2) is 4.88. The van der Waals surface area contributed by atoms with E-state index in [2.05, 4.69) is 13.8 Å². The SMILES string of the molecule is CC(C)(C)OC(=O)N1CCC2(CC(N)CO2)CC1(C)C. The summed E-state index contributed by atoms with van der Waals surface area (Å²) < 4.78 is 11.5. The van der Waals surface area contributed by atoms with Gasteiger partial charge in [0, 0.05) is 18.1 Å². The van der Waals surface area contributed by atoms with Gasteiger partial charge in [-0.15, -0.1) is 0 Å². The highest BCUT2D eigenvalue weighted by Crippen LogP contribution is 2.42. The zero-order valence-corrected chi connectivity index (χ0v) is 13.4. The fraction of sp³-hybridized carbons (Fsp3) is 0.933. The van der Waals surface area contributed by atoms with E-state index in [0.717, 1.165) is 19.3 Å². The smallest absolute Gasteiger partial charge is 0.410 e. The molecule has 2 unspecified atom stereocenters. The molecule has 2 rings (SSSR count). The van der Waals surface area contributed by atoms with Crippen LogP contribution in [0.3, 0.4) is 0 Å². The molecule has 0 radical (unpaired) electrons. The van der Waals surface area contributed by atoms with Crippen molar-refractivity contribution in [1.29, 1.82) is 0 Å². The molecule has 0 bridgehead atoms. The first kappa shape index (κ1) is 15.6. The van der Waals surface area contributed by atoms with Gasteiger partial charge in [-0.1, -0.05) is 0 Å². The van der Waals surface area contributed by atoms with E-state index in [1.54, 1.807) is 0 Å². The van der Waals surface area contributed by atoms with Gasteiger partial charge in [0.05, 0.1) is 12.2 Å². The molecule has 2 saturated heterocycles. The van der Waals surface area contributed by atoms with Crippen molar-refractivity contribution in [2.75, 3.05) is 13.2 Å². The summed E-state index contributed by atoms with van der Waals surface area (Å²) in [5.74, 6) is 0. The van der Waals surface area contributed by atoms with Crippen molar-refractivity contribution >= 4 is 6.09 Å². The number of hydrogen-bond donors (Lipinski definition) is 1. The molecule has 2 atom stereocenters. The molecule has 5 nitrogen and oxygen atoms in total. The molecule has 2 aliphatic heterocycles. The van der Waals surface area contributed by atoms with Crippen LogP contribution < -0.4 is 5.73 Å². The lowest BCUT2D eigenvalue weighted by Gasteiger charge is -2.49. The topological polar surface area (TPSA) is 64.8 Å². The van der Waals surface area contributed by atoms with E-state index in [1.807, 2.05) is 25.7 Å². The normalized spacial score (nSPS) is 33.5. The highest BCUT2D eigenvalue weighted by Gasteiger charge is 2.50. The van der Waals surface area contributed by atoms with Crippen LogP contribution in [0.2, 0.25) is 0 Å². The minimum atomic E-state index is -0.464. The average Bonchev–Trinajstić information content (AvgIpc) is 2.55. The van der Waals surface area contributed by atoms with Crippen LogP contribution in [0.15, 0.2) is 0 Å². The van der Waals surface area contributed by atoms with Gasteiger partial charge in [-0.3, -0.25) is 0 Å². The lowest BCUT2D eigenvalue weighted by molar-refractivity contribution is -0.0898. The Kier molecular flexibility index (Phi) is 3.80. The average molecular weight is 284 g/mol. The fourth-order valence-corrected chi connectivity index (χ4v) is 3.42. The van der Waals surface area contributed by atoms with Crippen molar-refractivity contribution in [3.8, 4) is 0 Å². The molecule has 0 aliphatic carbocycles. The van der Waals surface area contributed by atoms with Gasteiger partial charge in [-0.05, 0) is 53.9 Å². The molecule has 116 valence electrons. The molecule has 0 aromatic carbocycles. The summed E-state index contributed by atoms with van der Waals surface area (Å²) in [5, 5.41) is 0. The molecule has 1 spiro atoms. The number of nitrogens with zero attached hydrogens (tertiary/aromatic N) is 1. The Morgan fingerprint density at radius 3 is 2.50 bits per heavy atom. The van der Waals surface area contributed by atoms with Crippen LogP contribution in [0.4, 0.5) is 4.79 Å². The largest absolute Gasteiger partial charge is 0.444 e. The fourth-order valence-electron chi connectivity index (χ4n) is 3.42. The Hall–Kier alpha value is -0.810. The second-order valence-corrected chi connectivity index (χ2v) is 7.83. The van der Waals surface area contributed by atoms with Gasteiger partial charge >= 0.3 is 6.09 Å². The van der Waals surface area contributed by atoms with Crippen molar-refractivity contribution in [2.45, 2.75) is 76.7 Å². The van der Waals surface area contributed by atoms with Crippen molar-refractivity contribution in [2.24, 2.45) is 5.73 Å². The Morgan fingerprint density at radius 2 is 2.05 bits per heavy atom. The molecule has 2 N–H and O–H groups in total. The van der Waals surface area contributed by atoms with Gasteiger partial charge in [0.25, 0.3) is 0 Å². The monoisotopic (exact) mass is 284 g/mol. The number of ether oxygens (including phenoxy) is 2. The number of carbonyl (C=O) groups is 1. The molecule has 5 heteroatoms. The van der Waals surface area contributed by atoms with Crippen molar-refractivity contribution in [1.82, 2.24) is 4.90 Å². The van der Waals surface area contributed by atoms with Crippen LogP contribution in [-0.2, 0) is 9.47 Å². The molecule has 20 heavy (non-hydrogen) atoms. The number of likely N-dealkylation sites (tertiary alicyclic amines) is 1. The van der Waals surface area contributed by atoms with Crippen molar-refractivity contribution in [3.05, 3.63) is 0 Å². The first-order valence-electron chi connectivity index (χ1n) is 7.43. The number of rotatable bonds is 0. The zero-order valence-electron chi connectivity index (χ0n) is 13.4. The molecule has 2 fully saturated rings. The highest BCUT2D eigenvalue weighted by atomic mass is 16.6. The van der Waals surface area contributed by atoms with E-state index in [4.69, 9.17) is 15.2 Å². The minimum Gasteiger partial charge on any atom is -0.444 e. The van der Waals surface area contributed by atoms with Crippen LogP contribution in [0, 0.1) is 0 Å². The Morgan fingerprint density at radius 1 is 1.40 bits per heavy atom. The Bertz CT molecular complexity index is 389. The van der Waals surface area contributed by atoms with Gasteiger partial charge in [-0.2, -0.15) is 0 Å². The number of amides is 1. The Balaban J connectivity index is 2.06. The third kappa shape index (κ3) is 3.26. The zero-order chi connectivity index (χ0) is 15.2. The van der Waals surface area contributed by atoms with E-state index < -0.39 is 5.60 Å². The standard InChI is InChI=1S/C15H28N2O3/c1-13(2,3)20-12(18)17-7-6-15(10-14(17,4)5)8-11(16)9-19-15/h11H,6-10,16H2,1-5H3. The summed E-state index contributed by atoms with van der Waals surface area (Å²) in [6.07, 6.45) is 2.30. The second-order valence-electron chi connectivity index (χ2n) is 7.83. The van der Waals surface area contributed by atoms with Crippen LogP contribution in [-0.4, -0.2) is 46.9 Å². The van der Waals surface area contributed by atoms with Gasteiger partial charge < -0.3 is 20.1 Å². The maximum absolute atomic E-state index is 12.3. The molecule has 0 aromatic rings.